The van der Waals surface area contributed by atoms with Crippen molar-refractivity contribution in [2.45, 2.75) is 19.9 Å². The minimum atomic E-state index is -0.901. The summed E-state index contributed by atoms with van der Waals surface area (Å²) >= 11 is 0. The van der Waals surface area contributed by atoms with E-state index in [2.05, 4.69) is 4.98 Å². The molecule has 0 saturated carbocycles. The summed E-state index contributed by atoms with van der Waals surface area (Å²) in [6.45, 7) is 5.10. The van der Waals surface area contributed by atoms with E-state index in [9.17, 15) is 14.7 Å². The first kappa shape index (κ1) is 16.4. The van der Waals surface area contributed by atoms with Gasteiger partial charge in [0.25, 0.3) is 5.91 Å². The van der Waals surface area contributed by atoms with Gasteiger partial charge in [0.05, 0.1) is 11.1 Å². The van der Waals surface area contributed by atoms with Gasteiger partial charge in [-0.25, -0.2) is 0 Å². The highest BCUT2D eigenvalue weighted by Gasteiger charge is 2.33. The SMILES string of the molecule is Cc1cc(C(=O)N2CCN(C)C(C(=O)O)C2)c2cccc(C)c2n1. The lowest BCUT2D eigenvalue weighted by molar-refractivity contribution is -0.144. The van der Waals surface area contributed by atoms with Crippen molar-refractivity contribution in [3.63, 3.8) is 0 Å². The number of carbonyl (C=O) groups excluding carboxylic acids is 1. The molecule has 1 aliphatic heterocycles. The molecule has 1 aliphatic rings. The van der Waals surface area contributed by atoms with E-state index in [-0.39, 0.29) is 12.5 Å². The smallest absolute Gasteiger partial charge is 0.322 e. The molecule has 1 N–H and O–H groups in total. The summed E-state index contributed by atoms with van der Waals surface area (Å²) < 4.78 is 0. The van der Waals surface area contributed by atoms with Gasteiger partial charge < -0.3 is 10.0 Å². The number of benzene rings is 1. The Kier molecular flexibility index (Phi) is 4.24. The monoisotopic (exact) mass is 327 g/mol. The number of carboxylic acid groups (broad SMARTS) is 1. The molecule has 0 aliphatic carbocycles. The Bertz CT molecular complexity index is 819. The summed E-state index contributed by atoms with van der Waals surface area (Å²) in [6, 6.07) is 6.90. The third-order valence-electron chi connectivity index (χ3n) is 4.62. The van der Waals surface area contributed by atoms with Crippen LogP contribution in [0, 0.1) is 13.8 Å². The number of hydrogen-bond donors (Lipinski definition) is 1. The van der Waals surface area contributed by atoms with Crippen LogP contribution in [0.5, 0.6) is 0 Å². The molecule has 2 heterocycles. The van der Waals surface area contributed by atoms with Crippen LogP contribution in [0.3, 0.4) is 0 Å². The average Bonchev–Trinajstić information content (AvgIpc) is 2.54. The Morgan fingerprint density at radius 1 is 1.25 bits per heavy atom. The average molecular weight is 327 g/mol. The highest BCUT2D eigenvalue weighted by Crippen LogP contribution is 2.23. The van der Waals surface area contributed by atoms with Crippen molar-refractivity contribution in [3.8, 4) is 0 Å². The van der Waals surface area contributed by atoms with Gasteiger partial charge in [-0.2, -0.15) is 0 Å². The topological polar surface area (TPSA) is 73.7 Å². The number of likely N-dealkylation sites (N-methyl/N-ethyl adjacent to an activating group) is 1. The molecule has 1 amide bonds. The van der Waals surface area contributed by atoms with Crippen LogP contribution in [0.4, 0.5) is 0 Å². The Morgan fingerprint density at radius 2 is 2.00 bits per heavy atom. The van der Waals surface area contributed by atoms with Gasteiger partial charge in [-0.15, -0.1) is 0 Å². The molecule has 6 heteroatoms. The van der Waals surface area contributed by atoms with Crippen molar-refractivity contribution in [3.05, 3.63) is 41.1 Å². The van der Waals surface area contributed by atoms with Crippen LogP contribution in [0.25, 0.3) is 10.9 Å². The maximum Gasteiger partial charge on any atom is 0.322 e. The first-order valence-corrected chi connectivity index (χ1v) is 7.98. The molecule has 3 rings (SSSR count). The van der Waals surface area contributed by atoms with Gasteiger partial charge in [-0.3, -0.25) is 19.5 Å². The van der Waals surface area contributed by atoms with E-state index in [1.165, 1.54) is 0 Å². The lowest BCUT2D eigenvalue weighted by Gasteiger charge is -2.37. The Balaban J connectivity index is 2.00. The summed E-state index contributed by atoms with van der Waals surface area (Å²) in [5.74, 6) is -1.03. The van der Waals surface area contributed by atoms with Gasteiger partial charge in [-0.05, 0) is 32.5 Å². The summed E-state index contributed by atoms with van der Waals surface area (Å²) in [5.41, 5.74) is 3.22. The summed E-state index contributed by atoms with van der Waals surface area (Å²) in [5, 5.41) is 10.2. The number of pyridine rings is 1. The number of aryl methyl sites for hydroxylation is 2. The minimum absolute atomic E-state index is 0.129. The number of aromatic nitrogens is 1. The number of hydrogen-bond acceptors (Lipinski definition) is 4. The number of carboxylic acids is 1. The first-order valence-electron chi connectivity index (χ1n) is 7.98. The van der Waals surface area contributed by atoms with E-state index in [4.69, 9.17) is 0 Å². The van der Waals surface area contributed by atoms with Gasteiger partial charge >= 0.3 is 5.97 Å². The molecular formula is C18H21N3O3. The Labute approximate surface area is 140 Å². The molecule has 1 aromatic carbocycles. The predicted octanol–water partition coefficient (Wildman–Crippen LogP) is 1.69. The molecule has 0 spiro atoms. The molecule has 1 unspecified atom stereocenters. The number of para-hydroxylation sites is 1. The molecule has 1 aromatic heterocycles. The molecule has 2 aromatic rings. The van der Waals surface area contributed by atoms with Gasteiger partial charge in [0.15, 0.2) is 0 Å². The van der Waals surface area contributed by atoms with Gasteiger partial charge in [0.2, 0.25) is 0 Å². The molecule has 1 saturated heterocycles. The number of rotatable bonds is 2. The highest BCUT2D eigenvalue weighted by atomic mass is 16.4. The summed E-state index contributed by atoms with van der Waals surface area (Å²) in [7, 11) is 1.77. The normalized spacial score (nSPS) is 18.8. The van der Waals surface area contributed by atoms with E-state index < -0.39 is 12.0 Å². The third kappa shape index (κ3) is 2.85. The number of fused-ring (bicyclic) bond motifs is 1. The maximum absolute atomic E-state index is 13.0. The number of nitrogens with zero attached hydrogens (tertiary/aromatic N) is 3. The fourth-order valence-corrected chi connectivity index (χ4v) is 3.19. The second kappa shape index (κ2) is 6.20. The minimum Gasteiger partial charge on any atom is -0.480 e. The quantitative estimate of drug-likeness (QED) is 0.909. The van der Waals surface area contributed by atoms with E-state index in [1.807, 2.05) is 32.0 Å². The molecule has 126 valence electrons. The van der Waals surface area contributed by atoms with Crippen LogP contribution < -0.4 is 0 Å². The van der Waals surface area contributed by atoms with Crippen molar-refractivity contribution in [1.29, 1.82) is 0 Å². The number of aliphatic carboxylic acids is 1. The molecule has 24 heavy (non-hydrogen) atoms. The molecule has 0 radical (unpaired) electrons. The van der Waals surface area contributed by atoms with Crippen LogP contribution in [-0.4, -0.2) is 64.5 Å². The van der Waals surface area contributed by atoms with Crippen molar-refractivity contribution in [2.24, 2.45) is 0 Å². The Morgan fingerprint density at radius 3 is 2.71 bits per heavy atom. The number of piperazine rings is 1. The van der Waals surface area contributed by atoms with Crippen molar-refractivity contribution in [1.82, 2.24) is 14.8 Å². The molecular weight excluding hydrogens is 306 g/mol. The zero-order valence-electron chi connectivity index (χ0n) is 14.1. The summed E-state index contributed by atoms with van der Waals surface area (Å²) in [4.78, 5) is 32.4. The second-order valence-corrected chi connectivity index (χ2v) is 6.37. The first-order chi connectivity index (χ1) is 11.4. The number of amides is 1. The standard InChI is InChI=1S/C18H21N3O3/c1-11-5-4-6-13-14(9-12(2)19-16(11)13)17(22)21-8-7-20(3)15(10-21)18(23)24/h4-6,9,15H,7-8,10H2,1-3H3,(H,23,24). The van der Waals surface area contributed by atoms with E-state index in [0.717, 1.165) is 22.2 Å². The Hall–Kier alpha value is -2.47. The zero-order valence-corrected chi connectivity index (χ0v) is 14.1. The summed E-state index contributed by atoms with van der Waals surface area (Å²) in [6.07, 6.45) is 0. The van der Waals surface area contributed by atoms with Crippen molar-refractivity contribution in [2.75, 3.05) is 26.7 Å². The van der Waals surface area contributed by atoms with Crippen LogP contribution >= 0.6 is 0 Å². The lowest BCUT2D eigenvalue weighted by atomic mass is 10.0. The van der Waals surface area contributed by atoms with Crippen molar-refractivity contribution >= 4 is 22.8 Å². The van der Waals surface area contributed by atoms with Gasteiger partial charge in [-0.1, -0.05) is 18.2 Å². The van der Waals surface area contributed by atoms with Crippen LogP contribution in [0.2, 0.25) is 0 Å². The highest BCUT2D eigenvalue weighted by molar-refractivity contribution is 6.07. The lowest BCUT2D eigenvalue weighted by Crippen LogP contribution is -2.56. The van der Waals surface area contributed by atoms with Crippen LogP contribution in [0.1, 0.15) is 21.6 Å². The second-order valence-electron chi connectivity index (χ2n) is 6.37. The van der Waals surface area contributed by atoms with Crippen LogP contribution in [-0.2, 0) is 4.79 Å². The predicted molar refractivity (Wildman–Crippen MR) is 91.2 cm³/mol. The molecule has 1 atom stereocenters. The van der Waals surface area contributed by atoms with E-state index in [0.29, 0.717) is 18.7 Å². The van der Waals surface area contributed by atoms with E-state index >= 15 is 0 Å². The molecule has 6 nitrogen and oxygen atoms in total. The van der Waals surface area contributed by atoms with Crippen molar-refractivity contribution < 1.29 is 14.7 Å². The van der Waals surface area contributed by atoms with E-state index in [1.54, 1.807) is 22.9 Å². The largest absolute Gasteiger partial charge is 0.480 e. The fraction of sp³-hybridized carbons (Fsp3) is 0.389. The van der Waals surface area contributed by atoms with Gasteiger partial charge in [0.1, 0.15) is 6.04 Å². The third-order valence-corrected chi connectivity index (χ3v) is 4.62. The fourth-order valence-electron chi connectivity index (χ4n) is 3.19. The maximum atomic E-state index is 13.0. The molecule has 0 bridgehead atoms. The van der Waals surface area contributed by atoms with Gasteiger partial charge in [0, 0.05) is 30.7 Å². The number of carbonyl (C=O) groups is 2. The molecule has 1 fully saturated rings. The zero-order chi connectivity index (χ0) is 17.4. The van der Waals surface area contributed by atoms with Crippen LogP contribution in [0.15, 0.2) is 24.3 Å².